The van der Waals surface area contributed by atoms with Gasteiger partial charge in [-0.1, -0.05) is 11.6 Å². The number of halogens is 4. The number of carbonyl (C=O) groups excluding carboxylic acids is 1. The first-order valence-corrected chi connectivity index (χ1v) is 4.28. The number of primary amides is 1. The molecule has 82 valence electrons. The maximum Gasteiger partial charge on any atom is 0.417 e. The molecule has 0 saturated heterocycles. The number of carbonyl (C=O) groups is 1. The maximum atomic E-state index is 12.6. The van der Waals surface area contributed by atoms with Gasteiger partial charge >= 0.3 is 6.18 Å². The molecule has 0 spiro atoms. The van der Waals surface area contributed by atoms with E-state index in [1.807, 2.05) is 0 Å². The minimum Gasteiger partial charge on any atom is -0.366 e. The predicted molar refractivity (Wildman–Crippen MR) is 49.7 cm³/mol. The summed E-state index contributed by atoms with van der Waals surface area (Å²) in [5.41, 5.74) is 3.10. The van der Waals surface area contributed by atoms with E-state index in [2.05, 4.69) is 0 Å². The molecule has 2 nitrogen and oxygen atoms in total. The van der Waals surface area contributed by atoms with Gasteiger partial charge in [-0.15, -0.1) is 0 Å². The number of benzene rings is 1. The normalized spacial score (nSPS) is 11.5. The lowest BCUT2D eigenvalue weighted by molar-refractivity contribution is -0.138. The molecule has 15 heavy (non-hydrogen) atoms. The number of hydrogen-bond acceptors (Lipinski definition) is 1. The van der Waals surface area contributed by atoms with Crippen molar-refractivity contribution in [2.45, 2.75) is 13.1 Å². The van der Waals surface area contributed by atoms with E-state index in [4.69, 9.17) is 17.3 Å². The molecule has 1 amide bonds. The number of nitrogens with two attached hydrogens (primary N) is 1. The van der Waals surface area contributed by atoms with Crippen molar-refractivity contribution in [1.29, 1.82) is 0 Å². The molecule has 0 heterocycles. The fraction of sp³-hybridized carbons (Fsp3) is 0.222. The zero-order chi connectivity index (χ0) is 11.8. The van der Waals surface area contributed by atoms with Gasteiger partial charge in [-0.05, 0) is 24.6 Å². The van der Waals surface area contributed by atoms with Crippen LogP contribution in [0.25, 0.3) is 0 Å². The SMILES string of the molecule is Cc1cc(Cl)cc(C(N)=O)c1C(F)(F)F. The zero-order valence-electron chi connectivity index (χ0n) is 7.65. The molecule has 6 heteroatoms. The Kier molecular flexibility index (Phi) is 2.95. The zero-order valence-corrected chi connectivity index (χ0v) is 8.41. The maximum absolute atomic E-state index is 12.6. The van der Waals surface area contributed by atoms with Gasteiger partial charge in [0.05, 0.1) is 11.1 Å². The lowest BCUT2D eigenvalue weighted by Gasteiger charge is -2.14. The molecule has 0 aliphatic heterocycles. The molecule has 1 aromatic rings. The highest BCUT2D eigenvalue weighted by Gasteiger charge is 2.36. The summed E-state index contributed by atoms with van der Waals surface area (Å²) in [4.78, 5) is 10.8. The number of rotatable bonds is 1. The van der Waals surface area contributed by atoms with Gasteiger partial charge < -0.3 is 5.73 Å². The van der Waals surface area contributed by atoms with E-state index in [-0.39, 0.29) is 10.6 Å². The molecule has 0 aliphatic carbocycles. The van der Waals surface area contributed by atoms with Crippen LogP contribution in [0.5, 0.6) is 0 Å². The third-order valence-electron chi connectivity index (χ3n) is 1.85. The second kappa shape index (κ2) is 3.73. The Morgan fingerprint density at radius 2 is 1.93 bits per heavy atom. The van der Waals surface area contributed by atoms with Gasteiger partial charge in [0.25, 0.3) is 0 Å². The highest BCUT2D eigenvalue weighted by Crippen LogP contribution is 2.35. The van der Waals surface area contributed by atoms with Crippen LogP contribution in [0.4, 0.5) is 13.2 Å². The van der Waals surface area contributed by atoms with Gasteiger partial charge in [-0.2, -0.15) is 13.2 Å². The summed E-state index contributed by atoms with van der Waals surface area (Å²) in [6.07, 6.45) is -4.61. The predicted octanol–water partition coefficient (Wildman–Crippen LogP) is 2.77. The molecular formula is C9H7ClF3NO. The quantitative estimate of drug-likeness (QED) is 0.802. The lowest BCUT2D eigenvalue weighted by Crippen LogP contribution is -2.20. The van der Waals surface area contributed by atoms with Crippen LogP contribution in [0.2, 0.25) is 5.02 Å². The molecule has 0 fully saturated rings. The highest BCUT2D eigenvalue weighted by atomic mass is 35.5. The van der Waals surface area contributed by atoms with E-state index in [1.165, 1.54) is 6.92 Å². The summed E-state index contributed by atoms with van der Waals surface area (Å²) in [7, 11) is 0. The van der Waals surface area contributed by atoms with E-state index in [0.29, 0.717) is 0 Å². The number of amides is 1. The molecule has 1 rings (SSSR count). The van der Waals surface area contributed by atoms with Crippen LogP contribution >= 0.6 is 11.6 Å². The van der Waals surface area contributed by atoms with Crippen LogP contribution in [-0.2, 0) is 6.18 Å². The molecule has 0 aromatic heterocycles. The fourth-order valence-electron chi connectivity index (χ4n) is 1.31. The number of hydrogen-bond donors (Lipinski definition) is 1. The second-order valence-corrected chi connectivity index (χ2v) is 3.44. The van der Waals surface area contributed by atoms with Crippen molar-refractivity contribution in [2.24, 2.45) is 5.73 Å². The van der Waals surface area contributed by atoms with Crippen molar-refractivity contribution in [3.05, 3.63) is 33.8 Å². The third-order valence-corrected chi connectivity index (χ3v) is 2.07. The average Bonchev–Trinajstić information content (AvgIpc) is 1.99. The van der Waals surface area contributed by atoms with Gasteiger partial charge in [0.2, 0.25) is 5.91 Å². The summed E-state index contributed by atoms with van der Waals surface area (Å²) < 4.78 is 37.7. The van der Waals surface area contributed by atoms with Crippen LogP contribution in [0.15, 0.2) is 12.1 Å². The van der Waals surface area contributed by atoms with Crippen LogP contribution in [0, 0.1) is 6.92 Å². The van der Waals surface area contributed by atoms with E-state index < -0.39 is 23.2 Å². The molecular weight excluding hydrogens is 231 g/mol. The van der Waals surface area contributed by atoms with Crippen LogP contribution in [0.3, 0.4) is 0 Å². The Morgan fingerprint density at radius 1 is 1.40 bits per heavy atom. The highest BCUT2D eigenvalue weighted by molar-refractivity contribution is 6.31. The van der Waals surface area contributed by atoms with Gasteiger partial charge in [-0.3, -0.25) is 4.79 Å². The molecule has 0 saturated carbocycles. The van der Waals surface area contributed by atoms with Crippen molar-refractivity contribution in [3.63, 3.8) is 0 Å². The topological polar surface area (TPSA) is 43.1 Å². The van der Waals surface area contributed by atoms with Gasteiger partial charge in [-0.25, -0.2) is 0 Å². The molecule has 0 unspecified atom stereocenters. The summed E-state index contributed by atoms with van der Waals surface area (Å²) in [5, 5.41) is 0.0503. The van der Waals surface area contributed by atoms with Gasteiger partial charge in [0.1, 0.15) is 0 Å². The van der Waals surface area contributed by atoms with Crippen molar-refractivity contribution >= 4 is 17.5 Å². The Balaban J connectivity index is 3.55. The Labute approximate surface area is 88.8 Å². The lowest BCUT2D eigenvalue weighted by atomic mass is 10.0. The molecule has 0 radical (unpaired) electrons. The minimum atomic E-state index is -4.61. The number of alkyl halides is 3. The molecule has 0 atom stereocenters. The van der Waals surface area contributed by atoms with Crippen molar-refractivity contribution in [1.82, 2.24) is 0 Å². The third kappa shape index (κ3) is 2.41. The van der Waals surface area contributed by atoms with Crippen LogP contribution in [-0.4, -0.2) is 5.91 Å². The van der Waals surface area contributed by atoms with Crippen LogP contribution < -0.4 is 5.73 Å². The van der Waals surface area contributed by atoms with Gasteiger partial charge in [0.15, 0.2) is 0 Å². The summed E-state index contributed by atoms with van der Waals surface area (Å²) in [6, 6.07) is 2.05. The Morgan fingerprint density at radius 3 is 2.33 bits per heavy atom. The number of aryl methyl sites for hydroxylation is 1. The first-order chi connectivity index (χ1) is 6.73. The summed E-state index contributed by atoms with van der Waals surface area (Å²) in [5.74, 6) is -1.15. The van der Waals surface area contributed by atoms with E-state index >= 15 is 0 Å². The first-order valence-electron chi connectivity index (χ1n) is 3.90. The van der Waals surface area contributed by atoms with E-state index in [0.717, 1.165) is 12.1 Å². The minimum absolute atomic E-state index is 0.0503. The summed E-state index contributed by atoms with van der Waals surface area (Å²) in [6.45, 7) is 1.22. The van der Waals surface area contributed by atoms with Crippen LogP contribution in [0.1, 0.15) is 21.5 Å². The second-order valence-electron chi connectivity index (χ2n) is 3.01. The van der Waals surface area contributed by atoms with E-state index in [9.17, 15) is 18.0 Å². The molecule has 2 N–H and O–H groups in total. The molecule has 0 aliphatic rings. The average molecular weight is 238 g/mol. The largest absolute Gasteiger partial charge is 0.417 e. The van der Waals surface area contributed by atoms with Crippen molar-refractivity contribution < 1.29 is 18.0 Å². The Hall–Kier alpha value is -1.23. The summed E-state index contributed by atoms with van der Waals surface area (Å²) >= 11 is 5.54. The van der Waals surface area contributed by atoms with Crippen molar-refractivity contribution in [2.75, 3.05) is 0 Å². The smallest absolute Gasteiger partial charge is 0.366 e. The molecule has 1 aromatic carbocycles. The molecule has 0 bridgehead atoms. The monoisotopic (exact) mass is 237 g/mol. The standard InChI is InChI=1S/C9H7ClF3NO/c1-4-2-5(10)3-6(8(14)15)7(4)9(11,12)13/h2-3H,1H3,(H2,14,15). The Bertz CT molecular complexity index is 415. The van der Waals surface area contributed by atoms with Gasteiger partial charge in [0, 0.05) is 5.02 Å². The first kappa shape index (κ1) is 11.8. The fourth-order valence-corrected chi connectivity index (χ4v) is 1.59. The van der Waals surface area contributed by atoms with Crippen molar-refractivity contribution in [3.8, 4) is 0 Å². The van der Waals surface area contributed by atoms with E-state index in [1.54, 1.807) is 0 Å².